The monoisotopic (exact) mass is 141 g/mol. The SMILES string of the molecule is CC(C([NH])=O)N1CCCC1. The van der Waals surface area contributed by atoms with Gasteiger partial charge in [0, 0.05) is 0 Å². The summed E-state index contributed by atoms with van der Waals surface area (Å²) in [6, 6.07) is -0.178. The summed E-state index contributed by atoms with van der Waals surface area (Å²) in [5, 5.41) is 0. The Morgan fingerprint density at radius 3 is 2.40 bits per heavy atom. The van der Waals surface area contributed by atoms with E-state index in [-0.39, 0.29) is 6.04 Å². The second-order valence-electron chi connectivity index (χ2n) is 2.78. The summed E-state index contributed by atoms with van der Waals surface area (Å²) in [4.78, 5) is 12.6. The van der Waals surface area contributed by atoms with Crippen molar-refractivity contribution in [2.24, 2.45) is 0 Å². The van der Waals surface area contributed by atoms with Crippen molar-refractivity contribution in [3.8, 4) is 0 Å². The predicted molar refractivity (Wildman–Crippen MR) is 38.4 cm³/mol. The van der Waals surface area contributed by atoms with Crippen LogP contribution in [0.4, 0.5) is 0 Å². The van der Waals surface area contributed by atoms with Gasteiger partial charge in [-0.3, -0.25) is 15.4 Å². The number of hydrogen-bond acceptors (Lipinski definition) is 2. The summed E-state index contributed by atoms with van der Waals surface area (Å²) in [5.41, 5.74) is 6.87. The zero-order valence-electron chi connectivity index (χ0n) is 6.26. The minimum atomic E-state index is -0.457. The topological polar surface area (TPSA) is 44.1 Å². The first-order valence-electron chi connectivity index (χ1n) is 3.71. The molecule has 57 valence electrons. The molecule has 10 heavy (non-hydrogen) atoms. The molecule has 1 aliphatic rings. The van der Waals surface area contributed by atoms with Crippen molar-refractivity contribution in [1.29, 1.82) is 0 Å². The van der Waals surface area contributed by atoms with Gasteiger partial charge in [0.25, 0.3) is 5.91 Å². The molecule has 1 fully saturated rings. The van der Waals surface area contributed by atoms with Crippen LogP contribution in [0.1, 0.15) is 19.8 Å². The highest BCUT2D eigenvalue weighted by atomic mass is 16.1. The average Bonchev–Trinajstić information content (AvgIpc) is 2.36. The third kappa shape index (κ3) is 1.48. The molecule has 3 nitrogen and oxygen atoms in total. The number of carbonyl (C=O) groups excluding carboxylic acids is 1. The minimum Gasteiger partial charge on any atom is -0.292 e. The lowest BCUT2D eigenvalue weighted by Gasteiger charge is -2.19. The van der Waals surface area contributed by atoms with Crippen LogP contribution in [0.2, 0.25) is 0 Å². The molecule has 0 aromatic heterocycles. The lowest BCUT2D eigenvalue weighted by molar-refractivity contribution is -0.122. The second-order valence-corrected chi connectivity index (χ2v) is 2.78. The van der Waals surface area contributed by atoms with Crippen molar-refractivity contribution in [3.63, 3.8) is 0 Å². The summed E-state index contributed by atoms with van der Waals surface area (Å²) in [7, 11) is 0. The molecule has 0 bridgehead atoms. The molecule has 0 aromatic rings. The molecule has 0 aliphatic carbocycles. The van der Waals surface area contributed by atoms with Crippen molar-refractivity contribution in [2.45, 2.75) is 25.8 Å². The Balaban J connectivity index is 2.39. The number of nitrogens with zero attached hydrogens (tertiary/aromatic N) is 1. The first-order chi connectivity index (χ1) is 4.72. The Kier molecular flexibility index (Phi) is 2.27. The molecule has 1 unspecified atom stereocenters. The molecule has 1 amide bonds. The van der Waals surface area contributed by atoms with Gasteiger partial charge in [-0.25, -0.2) is 0 Å². The largest absolute Gasteiger partial charge is 0.292 e. The lowest BCUT2D eigenvalue weighted by atomic mass is 10.3. The Bertz CT molecular complexity index is 130. The number of nitrogens with one attached hydrogen (secondary N) is 1. The normalized spacial score (nSPS) is 22.9. The number of rotatable bonds is 2. The van der Waals surface area contributed by atoms with Crippen LogP contribution >= 0.6 is 0 Å². The Labute approximate surface area is 61.2 Å². The maximum atomic E-state index is 10.6. The lowest BCUT2D eigenvalue weighted by Crippen LogP contribution is -2.37. The van der Waals surface area contributed by atoms with E-state index in [4.69, 9.17) is 5.73 Å². The number of likely N-dealkylation sites (tertiary alicyclic amines) is 1. The van der Waals surface area contributed by atoms with E-state index in [0.29, 0.717) is 0 Å². The smallest absolute Gasteiger partial charge is 0.255 e. The van der Waals surface area contributed by atoms with Gasteiger partial charge in [-0.05, 0) is 32.9 Å². The van der Waals surface area contributed by atoms with Crippen LogP contribution in [0.15, 0.2) is 0 Å². The molecule has 1 aliphatic heterocycles. The molecular weight excluding hydrogens is 128 g/mol. The van der Waals surface area contributed by atoms with Gasteiger partial charge in [-0.15, -0.1) is 0 Å². The molecule has 1 rings (SSSR count). The summed E-state index contributed by atoms with van der Waals surface area (Å²) < 4.78 is 0. The van der Waals surface area contributed by atoms with Crippen LogP contribution in [0.5, 0.6) is 0 Å². The van der Waals surface area contributed by atoms with E-state index in [0.717, 1.165) is 13.1 Å². The summed E-state index contributed by atoms with van der Waals surface area (Å²) in [5.74, 6) is -0.457. The van der Waals surface area contributed by atoms with Crippen LogP contribution in [0.25, 0.3) is 0 Å². The van der Waals surface area contributed by atoms with Crippen LogP contribution in [-0.4, -0.2) is 29.9 Å². The van der Waals surface area contributed by atoms with Gasteiger partial charge >= 0.3 is 0 Å². The highest BCUT2D eigenvalue weighted by Crippen LogP contribution is 2.10. The number of amides is 1. The van der Waals surface area contributed by atoms with Crippen LogP contribution in [-0.2, 0) is 4.79 Å². The van der Waals surface area contributed by atoms with Gasteiger partial charge in [0.05, 0.1) is 6.04 Å². The third-order valence-corrected chi connectivity index (χ3v) is 2.07. The Hall–Kier alpha value is -0.570. The molecule has 3 heteroatoms. The van der Waals surface area contributed by atoms with E-state index >= 15 is 0 Å². The molecule has 1 saturated heterocycles. The van der Waals surface area contributed by atoms with Gasteiger partial charge < -0.3 is 0 Å². The van der Waals surface area contributed by atoms with E-state index in [2.05, 4.69) is 4.90 Å². The van der Waals surface area contributed by atoms with Crippen LogP contribution in [0.3, 0.4) is 0 Å². The van der Waals surface area contributed by atoms with Crippen LogP contribution < -0.4 is 5.73 Å². The molecule has 1 atom stereocenters. The summed E-state index contributed by atoms with van der Waals surface area (Å²) >= 11 is 0. The quantitative estimate of drug-likeness (QED) is 0.554. The van der Waals surface area contributed by atoms with E-state index in [1.807, 2.05) is 0 Å². The molecular formula is C7H13N2O. The van der Waals surface area contributed by atoms with Crippen molar-refractivity contribution >= 4 is 5.91 Å². The molecule has 1 N–H and O–H groups in total. The maximum absolute atomic E-state index is 10.6. The third-order valence-electron chi connectivity index (χ3n) is 2.07. The van der Waals surface area contributed by atoms with Gasteiger partial charge in [0.2, 0.25) is 0 Å². The van der Waals surface area contributed by atoms with Gasteiger partial charge in [0.1, 0.15) is 0 Å². The Morgan fingerprint density at radius 2 is 2.00 bits per heavy atom. The fraction of sp³-hybridized carbons (Fsp3) is 0.857. The summed E-state index contributed by atoms with van der Waals surface area (Å²) in [6.45, 7) is 3.79. The molecule has 1 heterocycles. The van der Waals surface area contributed by atoms with Crippen molar-refractivity contribution in [2.75, 3.05) is 13.1 Å². The van der Waals surface area contributed by atoms with E-state index < -0.39 is 5.91 Å². The van der Waals surface area contributed by atoms with Gasteiger partial charge in [0.15, 0.2) is 0 Å². The van der Waals surface area contributed by atoms with E-state index in [9.17, 15) is 4.79 Å². The second kappa shape index (κ2) is 3.01. The number of hydrogen-bond donors (Lipinski definition) is 0. The fourth-order valence-corrected chi connectivity index (χ4v) is 1.29. The standard InChI is InChI=1S/C7H13N2O/c1-6(7(8)10)9-4-2-3-5-9/h6,8H,2-5H2,1H3. The fourth-order valence-electron chi connectivity index (χ4n) is 1.29. The van der Waals surface area contributed by atoms with Gasteiger partial charge in [-0.1, -0.05) is 0 Å². The zero-order chi connectivity index (χ0) is 7.56. The highest BCUT2D eigenvalue weighted by Gasteiger charge is 2.21. The van der Waals surface area contributed by atoms with Crippen molar-refractivity contribution in [1.82, 2.24) is 10.6 Å². The zero-order valence-corrected chi connectivity index (χ0v) is 6.26. The van der Waals surface area contributed by atoms with Crippen molar-refractivity contribution in [3.05, 3.63) is 0 Å². The molecule has 0 spiro atoms. The minimum absolute atomic E-state index is 0.178. The van der Waals surface area contributed by atoms with E-state index in [1.165, 1.54) is 12.8 Å². The predicted octanol–water partition coefficient (Wildman–Crippen LogP) is 0.280. The Morgan fingerprint density at radius 1 is 1.50 bits per heavy atom. The van der Waals surface area contributed by atoms with Crippen molar-refractivity contribution < 1.29 is 4.79 Å². The summed E-state index contributed by atoms with van der Waals surface area (Å²) in [6.07, 6.45) is 2.36. The molecule has 0 saturated carbocycles. The van der Waals surface area contributed by atoms with Crippen LogP contribution in [0, 0.1) is 0 Å². The number of carbonyl (C=O) groups is 1. The molecule has 1 radical (unpaired) electrons. The average molecular weight is 141 g/mol. The van der Waals surface area contributed by atoms with E-state index in [1.54, 1.807) is 6.92 Å². The first kappa shape index (κ1) is 7.54. The highest BCUT2D eigenvalue weighted by molar-refractivity contribution is 5.78. The maximum Gasteiger partial charge on any atom is 0.255 e. The molecule has 0 aromatic carbocycles. The first-order valence-corrected chi connectivity index (χ1v) is 3.71. The van der Waals surface area contributed by atoms with Gasteiger partial charge in [-0.2, -0.15) is 0 Å².